The van der Waals surface area contributed by atoms with E-state index in [0.29, 0.717) is 0 Å². The Morgan fingerprint density at radius 3 is 3.00 bits per heavy atom. The highest BCUT2D eigenvalue weighted by Gasteiger charge is 2.20. The van der Waals surface area contributed by atoms with Crippen molar-refractivity contribution in [2.24, 2.45) is 5.92 Å². The highest BCUT2D eigenvalue weighted by molar-refractivity contribution is 4.79. The zero-order valence-electron chi connectivity index (χ0n) is 7.88. The Balaban J connectivity index is 1.70. The molecule has 0 aromatic carbocycles. The highest BCUT2D eigenvalue weighted by Crippen LogP contribution is 2.28. The first-order chi connectivity index (χ1) is 5.93. The summed E-state index contributed by atoms with van der Waals surface area (Å²) >= 11 is 0. The molecule has 70 valence electrons. The lowest BCUT2D eigenvalue weighted by molar-refractivity contribution is 0.127. The molecule has 1 fully saturated rings. The second-order valence-electron chi connectivity index (χ2n) is 3.29. The first-order valence-electron chi connectivity index (χ1n) is 4.83. The predicted molar refractivity (Wildman–Crippen MR) is 51.2 cm³/mol. The third-order valence-electron chi connectivity index (χ3n) is 1.97. The van der Waals surface area contributed by atoms with Gasteiger partial charge in [0.15, 0.2) is 0 Å². The van der Waals surface area contributed by atoms with Gasteiger partial charge in [-0.05, 0) is 25.7 Å². The predicted octanol–water partition coefficient (Wildman–Crippen LogP) is 1.58. The molecule has 0 radical (unpaired) electrons. The van der Waals surface area contributed by atoms with E-state index in [2.05, 4.69) is 17.5 Å². The van der Waals surface area contributed by atoms with Crippen LogP contribution in [0, 0.1) is 5.92 Å². The van der Waals surface area contributed by atoms with Gasteiger partial charge in [-0.2, -0.15) is 0 Å². The zero-order chi connectivity index (χ0) is 8.65. The van der Waals surface area contributed by atoms with Gasteiger partial charge >= 0.3 is 0 Å². The number of rotatable bonds is 7. The van der Waals surface area contributed by atoms with Crippen molar-refractivity contribution in [1.82, 2.24) is 5.32 Å². The van der Waals surface area contributed by atoms with Crippen molar-refractivity contribution >= 4 is 0 Å². The first kappa shape index (κ1) is 9.75. The van der Waals surface area contributed by atoms with Crippen molar-refractivity contribution < 1.29 is 4.74 Å². The van der Waals surface area contributed by atoms with Crippen molar-refractivity contribution in [2.45, 2.75) is 19.8 Å². The topological polar surface area (TPSA) is 21.3 Å². The molecule has 2 heteroatoms. The summed E-state index contributed by atoms with van der Waals surface area (Å²) in [5.74, 6) is 0.889. The monoisotopic (exact) mass is 169 g/mol. The molecule has 0 heterocycles. The van der Waals surface area contributed by atoms with E-state index in [1.54, 1.807) is 0 Å². The fourth-order valence-corrected chi connectivity index (χ4v) is 0.982. The zero-order valence-corrected chi connectivity index (χ0v) is 7.88. The summed E-state index contributed by atoms with van der Waals surface area (Å²) in [6.07, 6.45) is 6.93. The normalized spacial score (nSPS) is 17.4. The molecule has 1 rings (SSSR count). The standard InChI is InChI=1S/C10H19NO/c1-2-3-6-11-7-8-12-9-10-4-5-10/h2-3,10-11H,4-9H2,1H3/b3-2+. The van der Waals surface area contributed by atoms with Crippen molar-refractivity contribution in [3.05, 3.63) is 12.2 Å². The van der Waals surface area contributed by atoms with E-state index in [1.165, 1.54) is 12.8 Å². The summed E-state index contributed by atoms with van der Waals surface area (Å²) in [6, 6.07) is 0. The lowest BCUT2D eigenvalue weighted by Crippen LogP contribution is -2.20. The Morgan fingerprint density at radius 2 is 2.33 bits per heavy atom. The molecule has 0 bridgehead atoms. The molecule has 2 nitrogen and oxygen atoms in total. The van der Waals surface area contributed by atoms with Crippen LogP contribution in [0.5, 0.6) is 0 Å². The number of allylic oxidation sites excluding steroid dienone is 1. The van der Waals surface area contributed by atoms with Crippen molar-refractivity contribution in [3.63, 3.8) is 0 Å². The average molecular weight is 169 g/mol. The fourth-order valence-electron chi connectivity index (χ4n) is 0.982. The minimum atomic E-state index is 0.855. The van der Waals surface area contributed by atoms with Gasteiger partial charge in [-0.25, -0.2) is 0 Å². The van der Waals surface area contributed by atoms with Crippen LogP contribution in [-0.2, 0) is 4.74 Å². The van der Waals surface area contributed by atoms with Gasteiger partial charge in [0.1, 0.15) is 0 Å². The molecule has 1 aliphatic rings. The Labute approximate surface area is 75.0 Å². The Morgan fingerprint density at radius 1 is 1.50 bits per heavy atom. The molecule has 1 aliphatic carbocycles. The minimum Gasteiger partial charge on any atom is -0.380 e. The van der Waals surface area contributed by atoms with Crippen LogP contribution >= 0.6 is 0 Å². The maximum atomic E-state index is 5.45. The van der Waals surface area contributed by atoms with E-state index in [-0.39, 0.29) is 0 Å². The molecule has 0 unspecified atom stereocenters. The second-order valence-corrected chi connectivity index (χ2v) is 3.29. The van der Waals surface area contributed by atoms with Gasteiger partial charge in [0, 0.05) is 19.7 Å². The second kappa shape index (κ2) is 6.21. The van der Waals surface area contributed by atoms with E-state index in [9.17, 15) is 0 Å². The number of nitrogens with one attached hydrogen (secondary N) is 1. The molecule has 0 atom stereocenters. The van der Waals surface area contributed by atoms with E-state index >= 15 is 0 Å². The quantitative estimate of drug-likeness (QED) is 0.461. The summed E-state index contributed by atoms with van der Waals surface area (Å²) < 4.78 is 5.45. The van der Waals surface area contributed by atoms with Gasteiger partial charge < -0.3 is 10.1 Å². The summed E-state index contributed by atoms with van der Waals surface area (Å²) in [7, 11) is 0. The molecule has 12 heavy (non-hydrogen) atoms. The van der Waals surface area contributed by atoms with Gasteiger partial charge in [0.05, 0.1) is 6.61 Å². The summed E-state index contributed by atoms with van der Waals surface area (Å²) in [5, 5.41) is 3.27. The average Bonchev–Trinajstić information content (AvgIpc) is 2.87. The van der Waals surface area contributed by atoms with Gasteiger partial charge in [-0.3, -0.25) is 0 Å². The van der Waals surface area contributed by atoms with Crippen molar-refractivity contribution in [1.29, 1.82) is 0 Å². The minimum absolute atomic E-state index is 0.855. The Hall–Kier alpha value is -0.340. The lowest BCUT2D eigenvalue weighted by Gasteiger charge is -2.02. The molecule has 0 aliphatic heterocycles. The van der Waals surface area contributed by atoms with E-state index in [4.69, 9.17) is 4.74 Å². The Kier molecular flexibility index (Phi) is 5.04. The summed E-state index contributed by atoms with van der Waals surface area (Å²) in [4.78, 5) is 0. The third kappa shape index (κ3) is 5.33. The molecule has 1 N–H and O–H groups in total. The van der Waals surface area contributed by atoms with Gasteiger partial charge in [0.25, 0.3) is 0 Å². The van der Waals surface area contributed by atoms with Gasteiger partial charge in [0.2, 0.25) is 0 Å². The molecule has 0 aromatic rings. The van der Waals surface area contributed by atoms with Crippen LogP contribution < -0.4 is 5.32 Å². The molecule has 0 saturated heterocycles. The summed E-state index contributed by atoms with van der Waals surface area (Å²) in [5.41, 5.74) is 0. The third-order valence-corrected chi connectivity index (χ3v) is 1.97. The SMILES string of the molecule is C/C=C/CNCCOCC1CC1. The molecule has 0 aromatic heterocycles. The Bertz CT molecular complexity index is 130. The van der Waals surface area contributed by atoms with E-state index < -0.39 is 0 Å². The van der Waals surface area contributed by atoms with Crippen molar-refractivity contribution in [2.75, 3.05) is 26.3 Å². The molecule has 1 saturated carbocycles. The maximum absolute atomic E-state index is 5.45. The van der Waals surface area contributed by atoms with Crippen LogP contribution in [-0.4, -0.2) is 26.3 Å². The van der Waals surface area contributed by atoms with E-state index in [0.717, 1.165) is 32.2 Å². The van der Waals surface area contributed by atoms with Gasteiger partial charge in [-0.15, -0.1) is 0 Å². The highest BCUT2D eigenvalue weighted by atomic mass is 16.5. The number of ether oxygens (including phenoxy) is 1. The van der Waals surface area contributed by atoms with Crippen LogP contribution in [0.2, 0.25) is 0 Å². The van der Waals surface area contributed by atoms with Crippen LogP contribution in [0.25, 0.3) is 0 Å². The van der Waals surface area contributed by atoms with Crippen LogP contribution in [0.4, 0.5) is 0 Å². The maximum Gasteiger partial charge on any atom is 0.0591 e. The summed E-state index contributed by atoms with van der Waals surface area (Å²) in [6.45, 7) is 5.80. The van der Waals surface area contributed by atoms with Gasteiger partial charge in [-0.1, -0.05) is 12.2 Å². The molecule has 0 spiro atoms. The van der Waals surface area contributed by atoms with Crippen LogP contribution in [0.3, 0.4) is 0 Å². The largest absolute Gasteiger partial charge is 0.380 e. The number of hydrogen-bond donors (Lipinski definition) is 1. The van der Waals surface area contributed by atoms with Crippen LogP contribution in [0.1, 0.15) is 19.8 Å². The smallest absolute Gasteiger partial charge is 0.0591 e. The lowest BCUT2D eigenvalue weighted by atomic mass is 10.5. The molecule has 0 amide bonds. The first-order valence-corrected chi connectivity index (χ1v) is 4.83. The van der Waals surface area contributed by atoms with Crippen molar-refractivity contribution in [3.8, 4) is 0 Å². The molecular formula is C10H19NO. The van der Waals surface area contributed by atoms with E-state index in [1.807, 2.05) is 6.92 Å². The van der Waals surface area contributed by atoms with Crippen LogP contribution in [0.15, 0.2) is 12.2 Å². The number of hydrogen-bond acceptors (Lipinski definition) is 2. The molecular weight excluding hydrogens is 150 g/mol. The fraction of sp³-hybridized carbons (Fsp3) is 0.800.